The predicted molar refractivity (Wildman–Crippen MR) is 76.2 cm³/mol. The van der Waals surface area contributed by atoms with Gasteiger partial charge in [0, 0.05) is 6.04 Å². The van der Waals surface area contributed by atoms with Gasteiger partial charge in [0.05, 0.1) is 0 Å². The molecule has 0 amide bonds. The number of nitrogens with zero attached hydrogens (tertiary/aromatic N) is 1. The van der Waals surface area contributed by atoms with Gasteiger partial charge in [-0.15, -0.1) is 0 Å². The topological polar surface area (TPSA) is 3.24 Å². The Hall–Kier alpha value is -0.820. The van der Waals surface area contributed by atoms with Gasteiger partial charge in [0.15, 0.2) is 0 Å². The second-order valence-corrected chi connectivity index (χ2v) is 4.83. The summed E-state index contributed by atoms with van der Waals surface area (Å²) < 4.78 is 0. The summed E-state index contributed by atoms with van der Waals surface area (Å²) in [4.78, 5) is 2.63. The van der Waals surface area contributed by atoms with E-state index in [-0.39, 0.29) is 0 Å². The Morgan fingerprint density at radius 3 is 1.94 bits per heavy atom. The summed E-state index contributed by atoms with van der Waals surface area (Å²) in [6.45, 7) is 9.33. The molecule has 0 radical (unpaired) electrons. The normalized spacial score (nSPS) is 12.9. The minimum absolute atomic E-state index is 0.550. The van der Waals surface area contributed by atoms with E-state index in [9.17, 15) is 0 Å². The quantitative estimate of drug-likeness (QED) is 0.631. The summed E-state index contributed by atoms with van der Waals surface area (Å²) in [5.41, 5.74) is 1.44. The number of unbranched alkanes of at least 4 members (excludes halogenated alkanes) is 2. The second kappa shape index (κ2) is 8.30. The van der Waals surface area contributed by atoms with E-state index in [0.717, 1.165) is 0 Å². The molecule has 96 valence electrons. The molecule has 0 saturated carbocycles. The van der Waals surface area contributed by atoms with Gasteiger partial charge in [-0.2, -0.15) is 0 Å². The van der Waals surface area contributed by atoms with Crippen LogP contribution in [0.2, 0.25) is 0 Å². The van der Waals surface area contributed by atoms with E-state index in [2.05, 4.69) is 56.0 Å². The van der Waals surface area contributed by atoms with Crippen LogP contribution in [0.4, 0.5) is 0 Å². The Morgan fingerprint density at radius 1 is 0.941 bits per heavy atom. The molecule has 0 aliphatic heterocycles. The van der Waals surface area contributed by atoms with Crippen molar-refractivity contribution in [1.29, 1.82) is 0 Å². The number of hydrogen-bond acceptors (Lipinski definition) is 1. The van der Waals surface area contributed by atoms with Crippen molar-refractivity contribution in [3.8, 4) is 0 Å². The molecule has 0 bridgehead atoms. The fourth-order valence-corrected chi connectivity index (χ4v) is 2.16. The summed E-state index contributed by atoms with van der Waals surface area (Å²) in [5, 5.41) is 0. The molecule has 1 rings (SSSR count). The van der Waals surface area contributed by atoms with Crippen molar-refractivity contribution >= 4 is 0 Å². The fourth-order valence-electron chi connectivity index (χ4n) is 2.16. The van der Waals surface area contributed by atoms with Crippen molar-refractivity contribution < 1.29 is 0 Å². The van der Waals surface area contributed by atoms with Crippen LogP contribution in [0.15, 0.2) is 30.3 Å². The molecule has 1 heteroatoms. The molecule has 1 nitrogen and oxygen atoms in total. The van der Waals surface area contributed by atoms with Gasteiger partial charge in [-0.3, -0.25) is 4.90 Å². The first-order valence-corrected chi connectivity index (χ1v) is 7.08. The Bertz CT molecular complexity index is 273. The average molecular weight is 233 g/mol. The van der Waals surface area contributed by atoms with E-state index in [1.54, 1.807) is 0 Å². The lowest BCUT2D eigenvalue weighted by molar-refractivity contribution is 0.204. The van der Waals surface area contributed by atoms with Crippen LogP contribution >= 0.6 is 0 Å². The van der Waals surface area contributed by atoms with Crippen molar-refractivity contribution in [3.63, 3.8) is 0 Å². The van der Waals surface area contributed by atoms with E-state index >= 15 is 0 Å². The van der Waals surface area contributed by atoms with Gasteiger partial charge in [0.2, 0.25) is 0 Å². The van der Waals surface area contributed by atoms with Crippen molar-refractivity contribution in [1.82, 2.24) is 4.90 Å². The van der Waals surface area contributed by atoms with Gasteiger partial charge in [-0.05, 0) is 38.4 Å². The highest BCUT2D eigenvalue weighted by Crippen LogP contribution is 2.20. The molecule has 17 heavy (non-hydrogen) atoms. The smallest absolute Gasteiger partial charge is 0.0319 e. The number of hydrogen-bond donors (Lipinski definition) is 0. The second-order valence-electron chi connectivity index (χ2n) is 4.83. The van der Waals surface area contributed by atoms with E-state index in [1.807, 2.05) is 0 Å². The summed E-state index contributed by atoms with van der Waals surface area (Å²) >= 11 is 0. The molecule has 0 fully saturated rings. The lowest BCUT2D eigenvalue weighted by Crippen LogP contribution is -2.29. The van der Waals surface area contributed by atoms with Crippen molar-refractivity contribution in [2.75, 3.05) is 13.1 Å². The van der Waals surface area contributed by atoms with Crippen LogP contribution in [0.25, 0.3) is 0 Å². The zero-order chi connectivity index (χ0) is 12.5. The maximum atomic E-state index is 2.63. The first kappa shape index (κ1) is 14.2. The largest absolute Gasteiger partial charge is 0.297 e. The molecule has 0 N–H and O–H groups in total. The Morgan fingerprint density at radius 2 is 1.47 bits per heavy atom. The molecule has 0 aromatic heterocycles. The van der Waals surface area contributed by atoms with Gasteiger partial charge in [-0.25, -0.2) is 0 Å². The zero-order valence-corrected chi connectivity index (χ0v) is 11.7. The van der Waals surface area contributed by atoms with Crippen LogP contribution in [-0.4, -0.2) is 18.0 Å². The van der Waals surface area contributed by atoms with Crippen LogP contribution in [0.3, 0.4) is 0 Å². The summed E-state index contributed by atoms with van der Waals surface area (Å²) in [6.07, 6.45) is 5.18. The fraction of sp³-hybridized carbons (Fsp3) is 0.625. The summed E-state index contributed by atoms with van der Waals surface area (Å²) in [7, 11) is 0. The molecule has 0 aliphatic rings. The monoisotopic (exact) mass is 233 g/mol. The third-order valence-corrected chi connectivity index (χ3v) is 3.43. The molecular formula is C16H27N. The first-order valence-electron chi connectivity index (χ1n) is 7.08. The summed E-state index contributed by atoms with van der Waals surface area (Å²) in [5.74, 6) is 0. The standard InChI is InChI=1S/C16H27N/c1-4-6-13-17(14-7-5-2)15(3)16-11-9-8-10-12-16/h8-12,15H,4-7,13-14H2,1-3H3. The van der Waals surface area contributed by atoms with Crippen LogP contribution in [-0.2, 0) is 0 Å². The van der Waals surface area contributed by atoms with E-state index in [0.29, 0.717) is 6.04 Å². The molecule has 0 spiro atoms. The Balaban J connectivity index is 2.61. The van der Waals surface area contributed by atoms with Crippen molar-refractivity contribution in [2.45, 2.75) is 52.5 Å². The SMILES string of the molecule is CCCCN(CCCC)C(C)c1ccccc1. The molecule has 0 saturated heterocycles. The Kier molecular flexibility index (Phi) is 6.95. The maximum absolute atomic E-state index is 2.63. The molecule has 1 unspecified atom stereocenters. The highest BCUT2D eigenvalue weighted by Gasteiger charge is 2.13. The van der Waals surface area contributed by atoms with Crippen LogP contribution < -0.4 is 0 Å². The third kappa shape index (κ3) is 4.91. The van der Waals surface area contributed by atoms with Gasteiger partial charge >= 0.3 is 0 Å². The maximum Gasteiger partial charge on any atom is 0.0319 e. The van der Waals surface area contributed by atoms with Gasteiger partial charge in [0.25, 0.3) is 0 Å². The van der Waals surface area contributed by atoms with Gasteiger partial charge in [-0.1, -0.05) is 57.0 Å². The van der Waals surface area contributed by atoms with Crippen LogP contribution in [0.1, 0.15) is 58.1 Å². The van der Waals surface area contributed by atoms with E-state index < -0.39 is 0 Å². The van der Waals surface area contributed by atoms with E-state index in [4.69, 9.17) is 0 Å². The highest BCUT2D eigenvalue weighted by molar-refractivity contribution is 5.18. The minimum atomic E-state index is 0.550. The van der Waals surface area contributed by atoms with Crippen molar-refractivity contribution in [3.05, 3.63) is 35.9 Å². The highest BCUT2D eigenvalue weighted by atomic mass is 15.1. The van der Waals surface area contributed by atoms with Crippen LogP contribution in [0, 0.1) is 0 Å². The van der Waals surface area contributed by atoms with Gasteiger partial charge in [0.1, 0.15) is 0 Å². The summed E-state index contributed by atoms with van der Waals surface area (Å²) in [6, 6.07) is 11.4. The Labute approximate surface area is 107 Å². The molecular weight excluding hydrogens is 206 g/mol. The molecule has 1 aromatic carbocycles. The predicted octanol–water partition coefficient (Wildman–Crippen LogP) is 4.65. The number of benzene rings is 1. The molecule has 1 atom stereocenters. The third-order valence-electron chi connectivity index (χ3n) is 3.43. The van der Waals surface area contributed by atoms with Crippen molar-refractivity contribution in [2.24, 2.45) is 0 Å². The zero-order valence-electron chi connectivity index (χ0n) is 11.7. The first-order chi connectivity index (χ1) is 8.29. The molecule has 0 heterocycles. The minimum Gasteiger partial charge on any atom is -0.297 e. The lowest BCUT2D eigenvalue weighted by Gasteiger charge is -2.29. The number of rotatable bonds is 8. The van der Waals surface area contributed by atoms with Gasteiger partial charge < -0.3 is 0 Å². The molecule has 1 aromatic rings. The molecule has 0 aliphatic carbocycles. The van der Waals surface area contributed by atoms with E-state index in [1.165, 1.54) is 44.3 Å². The van der Waals surface area contributed by atoms with Crippen LogP contribution in [0.5, 0.6) is 0 Å². The lowest BCUT2D eigenvalue weighted by atomic mass is 10.1. The average Bonchev–Trinajstić information content (AvgIpc) is 2.39.